The molecule has 1 aliphatic rings. The lowest BCUT2D eigenvalue weighted by atomic mass is 9.80. The van der Waals surface area contributed by atoms with Crippen LogP contribution in [0.25, 0.3) is 38.6 Å². The fraction of sp³-hybridized carbons (Fsp3) is 0.321. The van der Waals surface area contributed by atoms with Gasteiger partial charge in [-0.25, -0.2) is 4.79 Å². The van der Waals surface area contributed by atoms with E-state index in [1.54, 1.807) is 31.2 Å². The van der Waals surface area contributed by atoms with E-state index in [-0.39, 0.29) is 33.2 Å². The summed E-state index contributed by atoms with van der Waals surface area (Å²) in [6.07, 6.45) is -3.29. The van der Waals surface area contributed by atoms with Crippen LogP contribution in [0.2, 0.25) is 0 Å². The van der Waals surface area contributed by atoms with Crippen LogP contribution in [0.15, 0.2) is 46.1 Å². The predicted molar refractivity (Wildman–Crippen MR) is 138 cm³/mol. The number of aliphatic hydroxyl groups excluding tert-OH is 2. The molecule has 4 aromatic rings. The molecule has 9 heteroatoms. The predicted octanol–water partition coefficient (Wildman–Crippen LogP) is 3.40. The molecule has 5 atom stereocenters. The second-order valence-electron chi connectivity index (χ2n) is 9.50. The van der Waals surface area contributed by atoms with Crippen molar-refractivity contribution in [3.63, 3.8) is 0 Å². The van der Waals surface area contributed by atoms with Crippen molar-refractivity contribution in [2.75, 3.05) is 14.2 Å². The van der Waals surface area contributed by atoms with Gasteiger partial charge in [0.15, 0.2) is 0 Å². The molecule has 4 N–H and O–H groups in total. The third-order valence-corrected chi connectivity index (χ3v) is 7.29. The Morgan fingerprint density at radius 2 is 1.68 bits per heavy atom. The summed E-state index contributed by atoms with van der Waals surface area (Å²) in [6, 6.07) is 7.95. The number of fused-ring (bicyclic) bond motifs is 5. The fourth-order valence-electron chi connectivity index (χ4n) is 5.28. The number of rotatable bonds is 4. The van der Waals surface area contributed by atoms with Gasteiger partial charge in [-0.1, -0.05) is 18.7 Å². The molecule has 1 fully saturated rings. The van der Waals surface area contributed by atoms with Crippen LogP contribution in [0.3, 0.4) is 0 Å². The molecule has 2 heterocycles. The summed E-state index contributed by atoms with van der Waals surface area (Å²) in [7, 11) is 2.93. The van der Waals surface area contributed by atoms with Crippen LogP contribution in [0, 0.1) is 0 Å². The largest absolute Gasteiger partial charge is 0.507 e. The van der Waals surface area contributed by atoms with E-state index in [2.05, 4.69) is 6.58 Å². The zero-order chi connectivity index (χ0) is 26.8. The highest BCUT2D eigenvalue weighted by molar-refractivity contribution is 6.19. The number of ether oxygens (including phenoxy) is 3. The second-order valence-corrected chi connectivity index (χ2v) is 9.50. The number of aromatic hydroxyl groups is 1. The first-order valence-corrected chi connectivity index (χ1v) is 11.7. The van der Waals surface area contributed by atoms with E-state index in [0.29, 0.717) is 27.6 Å². The number of hydrogen-bond acceptors (Lipinski definition) is 9. The smallest absolute Gasteiger partial charge is 0.344 e. The van der Waals surface area contributed by atoms with Gasteiger partial charge in [-0.3, -0.25) is 0 Å². The molecule has 0 bridgehead atoms. The summed E-state index contributed by atoms with van der Waals surface area (Å²) < 4.78 is 23.1. The first-order chi connectivity index (χ1) is 17.5. The molecule has 1 aromatic heterocycles. The highest BCUT2D eigenvalue weighted by atomic mass is 16.5. The Hall–Kier alpha value is -3.63. The Morgan fingerprint density at radius 3 is 2.32 bits per heavy atom. The molecule has 5 rings (SSSR count). The number of aliphatic hydroxyl groups is 3. The third-order valence-electron chi connectivity index (χ3n) is 7.29. The Labute approximate surface area is 211 Å². The van der Waals surface area contributed by atoms with Crippen LogP contribution in [-0.2, 0) is 4.74 Å². The van der Waals surface area contributed by atoms with Crippen molar-refractivity contribution in [2.45, 2.75) is 43.9 Å². The lowest BCUT2D eigenvalue weighted by Crippen LogP contribution is -2.61. The second kappa shape index (κ2) is 8.74. The number of phenols is 1. The lowest BCUT2D eigenvalue weighted by molar-refractivity contribution is -0.261. The van der Waals surface area contributed by atoms with E-state index in [9.17, 15) is 25.2 Å². The maximum atomic E-state index is 13.3. The minimum absolute atomic E-state index is 0.109. The van der Waals surface area contributed by atoms with Crippen molar-refractivity contribution >= 4 is 38.6 Å². The quantitative estimate of drug-likeness (QED) is 0.241. The highest BCUT2D eigenvalue weighted by Crippen LogP contribution is 2.48. The van der Waals surface area contributed by atoms with Crippen molar-refractivity contribution in [1.29, 1.82) is 0 Å². The van der Waals surface area contributed by atoms with Crippen LogP contribution in [0.1, 0.15) is 31.1 Å². The molecule has 0 aliphatic carbocycles. The van der Waals surface area contributed by atoms with Crippen LogP contribution in [0.5, 0.6) is 17.2 Å². The molecule has 0 spiro atoms. The van der Waals surface area contributed by atoms with Gasteiger partial charge in [0.2, 0.25) is 0 Å². The standard InChI is InChI=1S/C28H28O9/c1-6-13-9-16-20(18(10-13)34-4)15-11-19(35-5)22-17(29)8-7-14(21(22)23(15)37-27(16)32)24-26(31)28(3,33)25(30)12(2)36-24/h6-12,24-26,29-31,33H,1H2,2-5H3. The van der Waals surface area contributed by atoms with Gasteiger partial charge in [-0.15, -0.1) is 0 Å². The Bertz CT molecular complexity index is 1620. The molecule has 3 aromatic carbocycles. The number of methoxy groups -OCH3 is 2. The number of benzene rings is 3. The summed E-state index contributed by atoms with van der Waals surface area (Å²) in [5.41, 5.74) is -1.45. The molecule has 194 valence electrons. The monoisotopic (exact) mass is 508 g/mol. The molecule has 37 heavy (non-hydrogen) atoms. The molecule has 0 saturated carbocycles. The molecule has 1 saturated heterocycles. The fourth-order valence-corrected chi connectivity index (χ4v) is 5.28. The van der Waals surface area contributed by atoms with E-state index in [1.165, 1.54) is 33.3 Å². The van der Waals surface area contributed by atoms with Gasteiger partial charge in [-0.2, -0.15) is 0 Å². The summed E-state index contributed by atoms with van der Waals surface area (Å²) in [5.74, 6) is 0.526. The zero-order valence-corrected chi connectivity index (χ0v) is 20.8. The maximum absolute atomic E-state index is 13.3. The van der Waals surface area contributed by atoms with Crippen LogP contribution < -0.4 is 15.1 Å². The third kappa shape index (κ3) is 3.58. The van der Waals surface area contributed by atoms with Crippen molar-refractivity contribution in [3.8, 4) is 17.2 Å². The maximum Gasteiger partial charge on any atom is 0.344 e. The van der Waals surface area contributed by atoms with Gasteiger partial charge in [0.1, 0.15) is 46.7 Å². The van der Waals surface area contributed by atoms with E-state index in [4.69, 9.17) is 18.6 Å². The summed E-state index contributed by atoms with van der Waals surface area (Å²) in [4.78, 5) is 13.3. The van der Waals surface area contributed by atoms with E-state index < -0.39 is 35.6 Å². The van der Waals surface area contributed by atoms with Gasteiger partial charge in [0.25, 0.3) is 0 Å². The van der Waals surface area contributed by atoms with Crippen molar-refractivity contribution < 1.29 is 39.1 Å². The summed E-state index contributed by atoms with van der Waals surface area (Å²) >= 11 is 0. The molecule has 0 radical (unpaired) electrons. The van der Waals surface area contributed by atoms with Crippen LogP contribution in [0.4, 0.5) is 0 Å². The number of phenolic OH excluding ortho intramolecular Hbond substituents is 1. The highest BCUT2D eigenvalue weighted by Gasteiger charge is 2.51. The normalized spacial score (nSPS) is 26.0. The topological polar surface area (TPSA) is 139 Å². The van der Waals surface area contributed by atoms with Crippen LogP contribution >= 0.6 is 0 Å². The van der Waals surface area contributed by atoms with Crippen molar-refractivity contribution in [3.05, 3.63) is 58.5 Å². The van der Waals surface area contributed by atoms with Gasteiger partial charge in [0, 0.05) is 16.2 Å². The van der Waals surface area contributed by atoms with Gasteiger partial charge < -0.3 is 39.1 Å². The van der Waals surface area contributed by atoms with Gasteiger partial charge >= 0.3 is 5.63 Å². The molecule has 0 amide bonds. The van der Waals surface area contributed by atoms with Crippen molar-refractivity contribution in [2.24, 2.45) is 0 Å². The summed E-state index contributed by atoms with van der Waals surface area (Å²) in [6.45, 7) is 6.67. The SMILES string of the molecule is C=Cc1cc(OC)c2c(c1)c(=O)oc1c2cc(OC)c2c(O)ccc(C3OC(C)C(O)C(C)(O)C3O)c21. The van der Waals surface area contributed by atoms with Gasteiger partial charge in [-0.05, 0) is 49.2 Å². The van der Waals surface area contributed by atoms with E-state index in [1.807, 2.05) is 0 Å². The molecular formula is C28H28O9. The molecule has 1 aliphatic heterocycles. The Kier molecular flexibility index (Phi) is 5.91. The molecular weight excluding hydrogens is 480 g/mol. The summed E-state index contributed by atoms with van der Waals surface area (Å²) in [5, 5.41) is 44.9. The van der Waals surface area contributed by atoms with E-state index in [0.717, 1.165) is 0 Å². The zero-order valence-electron chi connectivity index (χ0n) is 20.8. The van der Waals surface area contributed by atoms with E-state index >= 15 is 0 Å². The lowest BCUT2D eigenvalue weighted by Gasteiger charge is -2.46. The Morgan fingerprint density at radius 1 is 1.00 bits per heavy atom. The van der Waals surface area contributed by atoms with Gasteiger partial charge in [0.05, 0.1) is 31.1 Å². The van der Waals surface area contributed by atoms with Crippen LogP contribution in [-0.4, -0.2) is 58.6 Å². The number of hydrogen-bond donors (Lipinski definition) is 4. The minimum atomic E-state index is -1.90. The average molecular weight is 509 g/mol. The molecule has 5 unspecified atom stereocenters. The first kappa shape index (κ1) is 25.0. The average Bonchev–Trinajstić information content (AvgIpc) is 2.89. The molecule has 9 nitrogen and oxygen atoms in total. The minimum Gasteiger partial charge on any atom is -0.507 e. The first-order valence-electron chi connectivity index (χ1n) is 11.7. The Balaban J connectivity index is 1.97. The van der Waals surface area contributed by atoms with Crippen molar-refractivity contribution in [1.82, 2.24) is 0 Å².